The largest absolute Gasteiger partial charge is 0.479 e. The first kappa shape index (κ1) is 23.9. The molecule has 178 valence electrons. The predicted molar refractivity (Wildman–Crippen MR) is 115 cm³/mol. The maximum absolute atomic E-state index is 13.4. The van der Waals surface area contributed by atoms with Gasteiger partial charge in [0.15, 0.2) is 0 Å². The maximum Gasteiger partial charge on any atom is 0.426 e. The van der Waals surface area contributed by atoms with Crippen LogP contribution in [0.2, 0.25) is 0 Å². The highest BCUT2D eigenvalue weighted by Crippen LogP contribution is 2.45. The van der Waals surface area contributed by atoms with Gasteiger partial charge in [-0.25, -0.2) is 24.8 Å². The molecule has 0 unspecified atom stereocenters. The topological polar surface area (TPSA) is 128 Å². The van der Waals surface area contributed by atoms with Crippen LogP contribution >= 0.6 is 0 Å². The summed E-state index contributed by atoms with van der Waals surface area (Å²) in [5, 5.41) is 13.7. The molecule has 1 saturated heterocycles. The number of carboxylic acids is 1. The van der Waals surface area contributed by atoms with Crippen LogP contribution in [-0.2, 0) is 14.3 Å². The second-order valence-corrected chi connectivity index (χ2v) is 10.1. The molecule has 1 aliphatic carbocycles. The molecule has 10 heteroatoms. The number of fused-ring (bicyclic) bond motifs is 2. The van der Waals surface area contributed by atoms with E-state index in [0.717, 1.165) is 6.42 Å². The van der Waals surface area contributed by atoms with Gasteiger partial charge in [0, 0.05) is 19.0 Å². The zero-order chi connectivity index (χ0) is 23.7. The van der Waals surface area contributed by atoms with Gasteiger partial charge >= 0.3 is 18.1 Å². The number of urea groups is 1. The summed E-state index contributed by atoms with van der Waals surface area (Å²) in [7, 11) is 0. The predicted octanol–water partition coefficient (Wildman–Crippen LogP) is 2.26. The van der Waals surface area contributed by atoms with Crippen LogP contribution in [0.5, 0.6) is 0 Å². The Morgan fingerprint density at radius 1 is 1.28 bits per heavy atom. The van der Waals surface area contributed by atoms with Crippen LogP contribution in [0.4, 0.5) is 9.59 Å². The molecule has 4 atom stereocenters. The van der Waals surface area contributed by atoms with E-state index in [0.29, 0.717) is 32.2 Å². The van der Waals surface area contributed by atoms with E-state index in [9.17, 15) is 24.3 Å². The SMILES string of the molecule is C[C@@H]1C[C@H]2C(=O)N[C@]3(C(=O)O)C[C@H]3/C=C\CCCCN(NC(=O)OC(C)(C)C)C(=O)N2C1. The number of allylic oxidation sites excluding steroid dienone is 1. The van der Waals surface area contributed by atoms with Crippen molar-refractivity contribution in [3.05, 3.63) is 12.2 Å². The van der Waals surface area contributed by atoms with Crippen molar-refractivity contribution in [1.29, 1.82) is 0 Å². The van der Waals surface area contributed by atoms with Crippen molar-refractivity contribution in [2.24, 2.45) is 11.8 Å². The van der Waals surface area contributed by atoms with Crippen LogP contribution < -0.4 is 10.7 Å². The number of hydrogen-bond donors (Lipinski definition) is 3. The smallest absolute Gasteiger partial charge is 0.426 e. The molecule has 1 saturated carbocycles. The monoisotopic (exact) mass is 450 g/mol. The van der Waals surface area contributed by atoms with Crippen molar-refractivity contribution in [3.8, 4) is 0 Å². The normalized spacial score (nSPS) is 32.2. The van der Waals surface area contributed by atoms with Crippen LogP contribution in [0.25, 0.3) is 0 Å². The van der Waals surface area contributed by atoms with E-state index >= 15 is 0 Å². The van der Waals surface area contributed by atoms with E-state index in [2.05, 4.69) is 10.7 Å². The second kappa shape index (κ2) is 8.99. The molecular weight excluding hydrogens is 416 g/mol. The Morgan fingerprint density at radius 3 is 2.66 bits per heavy atom. The lowest BCUT2D eigenvalue weighted by atomic mass is 10.1. The summed E-state index contributed by atoms with van der Waals surface area (Å²) in [6.07, 6.45) is 5.89. The van der Waals surface area contributed by atoms with Crippen LogP contribution in [0.1, 0.15) is 59.8 Å². The molecule has 3 rings (SSSR count). The first-order chi connectivity index (χ1) is 14.9. The van der Waals surface area contributed by atoms with Gasteiger partial charge in [0.2, 0.25) is 5.91 Å². The number of amides is 4. The molecule has 3 aliphatic rings. The van der Waals surface area contributed by atoms with Crippen LogP contribution in [0, 0.1) is 11.8 Å². The average Bonchev–Trinajstić information content (AvgIpc) is 3.22. The van der Waals surface area contributed by atoms with E-state index in [4.69, 9.17) is 4.74 Å². The minimum Gasteiger partial charge on any atom is -0.479 e. The standard InChI is InChI=1S/C22H34N4O6/c1-14-11-16-17(27)23-22(18(28)29)12-15(22)9-7-5-6-8-10-26(20(31)25(16)13-14)24-19(30)32-21(2,3)4/h7,9,14-16H,5-6,8,10-13H2,1-4H3,(H,23,27)(H,24,30)(H,28,29)/b9-7-/t14-,15-,16+,22-/m1/s1. The third-order valence-electron chi connectivity index (χ3n) is 6.03. The number of hydrogen-bond acceptors (Lipinski definition) is 5. The summed E-state index contributed by atoms with van der Waals surface area (Å²) < 4.78 is 5.29. The lowest BCUT2D eigenvalue weighted by Crippen LogP contribution is -2.58. The molecule has 0 aromatic carbocycles. The highest BCUT2D eigenvalue weighted by atomic mass is 16.6. The van der Waals surface area contributed by atoms with Gasteiger partial charge in [-0.1, -0.05) is 19.1 Å². The van der Waals surface area contributed by atoms with Crippen molar-refractivity contribution in [3.63, 3.8) is 0 Å². The number of nitrogens with zero attached hydrogens (tertiary/aromatic N) is 2. The van der Waals surface area contributed by atoms with Crippen molar-refractivity contribution in [1.82, 2.24) is 20.7 Å². The number of aliphatic carboxylic acids is 1. The highest BCUT2D eigenvalue weighted by Gasteiger charge is 2.61. The number of hydrazine groups is 1. The Hall–Kier alpha value is -2.78. The molecule has 0 spiro atoms. The fourth-order valence-corrected chi connectivity index (χ4v) is 4.33. The molecular formula is C22H34N4O6. The molecule has 4 amide bonds. The van der Waals surface area contributed by atoms with Gasteiger partial charge in [-0.3, -0.25) is 4.79 Å². The molecule has 0 aromatic rings. The summed E-state index contributed by atoms with van der Waals surface area (Å²) in [5.74, 6) is -1.73. The molecule has 32 heavy (non-hydrogen) atoms. The van der Waals surface area contributed by atoms with Crippen LogP contribution in [0.15, 0.2) is 12.2 Å². The average molecular weight is 451 g/mol. The number of nitrogens with one attached hydrogen (secondary N) is 2. The van der Waals surface area contributed by atoms with Crippen LogP contribution in [-0.4, -0.2) is 69.3 Å². The summed E-state index contributed by atoms with van der Waals surface area (Å²) >= 11 is 0. The first-order valence-electron chi connectivity index (χ1n) is 11.2. The molecule has 2 heterocycles. The number of rotatable bonds is 2. The van der Waals surface area contributed by atoms with Gasteiger partial charge in [0.05, 0.1) is 0 Å². The zero-order valence-corrected chi connectivity index (χ0v) is 19.2. The Kier molecular flexibility index (Phi) is 6.71. The third-order valence-corrected chi connectivity index (χ3v) is 6.03. The van der Waals surface area contributed by atoms with Crippen molar-refractivity contribution >= 4 is 24.0 Å². The quantitative estimate of drug-likeness (QED) is 0.554. The molecule has 0 bridgehead atoms. The van der Waals surface area contributed by atoms with Gasteiger partial charge in [-0.15, -0.1) is 0 Å². The number of carbonyl (C=O) groups is 4. The Bertz CT molecular complexity index is 807. The van der Waals surface area contributed by atoms with Crippen LogP contribution in [0.3, 0.4) is 0 Å². The Balaban J connectivity index is 1.83. The highest BCUT2D eigenvalue weighted by molar-refractivity contribution is 5.94. The fraction of sp³-hybridized carbons (Fsp3) is 0.727. The lowest BCUT2D eigenvalue weighted by Gasteiger charge is -2.32. The fourth-order valence-electron chi connectivity index (χ4n) is 4.33. The molecule has 3 N–H and O–H groups in total. The van der Waals surface area contributed by atoms with Gasteiger partial charge in [0.1, 0.15) is 17.2 Å². The maximum atomic E-state index is 13.4. The minimum atomic E-state index is -1.31. The molecule has 2 aliphatic heterocycles. The van der Waals surface area contributed by atoms with Gasteiger partial charge in [-0.05, 0) is 58.8 Å². The zero-order valence-electron chi connectivity index (χ0n) is 19.2. The van der Waals surface area contributed by atoms with E-state index < -0.39 is 41.2 Å². The summed E-state index contributed by atoms with van der Waals surface area (Å²) in [6.45, 7) is 7.74. The lowest BCUT2D eigenvalue weighted by molar-refractivity contribution is -0.144. The second-order valence-electron chi connectivity index (χ2n) is 10.1. The van der Waals surface area contributed by atoms with E-state index in [1.54, 1.807) is 20.8 Å². The van der Waals surface area contributed by atoms with Gasteiger partial charge in [-0.2, -0.15) is 0 Å². The van der Waals surface area contributed by atoms with E-state index in [1.165, 1.54) is 9.91 Å². The summed E-state index contributed by atoms with van der Waals surface area (Å²) in [6, 6.07) is -1.30. The van der Waals surface area contributed by atoms with Gasteiger partial charge < -0.3 is 20.1 Å². The molecule has 0 radical (unpaired) electrons. The Labute approximate surface area is 188 Å². The first-order valence-corrected chi connectivity index (χ1v) is 11.2. The van der Waals surface area contributed by atoms with E-state index in [1.807, 2.05) is 19.1 Å². The van der Waals surface area contributed by atoms with Crippen molar-refractivity contribution in [2.75, 3.05) is 13.1 Å². The number of carboxylic acid groups (broad SMARTS) is 1. The molecule has 10 nitrogen and oxygen atoms in total. The van der Waals surface area contributed by atoms with Gasteiger partial charge in [0.25, 0.3) is 0 Å². The van der Waals surface area contributed by atoms with Crippen molar-refractivity contribution < 1.29 is 29.0 Å². The van der Waals surface area contributed by atoms with E-state index in [-0.39, 0.29) is 18.4 Å². The number of carbonyl (C=O) groups excluding carboxylic acids is 3. The third kappa shape index (κ3) is 5.34. The molecule has 2 fully saturated rings. The van der Waals surface area contributed by atoms with Crippen molar-refractivity contribution in [2.45, 2.75) is 77.0 Å². The Morgan fingerprint density at radius 2 is 2.00 bits per heavy atom. The summed E-state index contributed by atoms with van der Waals surface area (Å²) in [5.41, 5.74) is 0.489. The molecule has 0 aromatic heterocycles. The minimum absolute atomic E-state index is 0.0597. The number of ether oxygens (including phenoxy) is 1. The summed E-state index contributed by atoms with van der Waals surface area (Å²) in [4.78, 5) is 52.1.